The predicted octanol–water partition coefficient (Wildman–Crippen LogP) is 3.79. The van der Waals surface area contributed by atoms with Crippen LogP contribution < -0.4 is 20.7 Å². The van der Waals surface area contributed by atoms with Crippen LogP contribution in [0, 0.1) is 11.7 Å². The van der Waals surface area contributed by atoms with Gasteiger partial charge in [0, 0.05) is 25.7 Å². The van der Waals surface area contributed by atoms with Crippen molar-refractivity contribution in [1.29, 1.82) is 0 Å². The molecule has 0 heterocycles. The number of guanidine groups is 1. The molecule has 1 amide bonds. The summed E-state index contributed by atoms with van der Waals surface area (Å²) in [5.74, 6) is 1.07. The van der Waals surface area contributed by atoms with Crippen LogP contribution in [0.1, 0.15) is 54.2 Å². The number of hydrogen-bond donors (Lipinski definition) is 3. The van der Waals surface area contributed by atoms with Crippen LogP contribution in [0.15, 0.2) is 47.5 Å². The van der Waals surface area contributed by atoms with Crippen molar-refractivity contribution in [2.24, 2.45) is 10.9 Å². The summed E-state index contributed by atoms with van der Waals surface area (Å²) in [5.41, 5.74) is 2.46. The highest BCUT2D eigenvalue weighted by molar-refractivity contribution is 5.94. The van der Waals surface area contributed by atoms with Gasteiger partial charge in [-0.2, -0.15) is 0 Å². The minimum Gasteiger partial charge on any atom is -0.490 e. The highest BCUT2D eigenvalue weighted by Crippen LogP contribution is 2.30. The smallest absolute Gasteiger partial charge is 0.251 e. The van der Waals surface area contributed by atoms with E-state index in [0.29, 0.717) is 42.9 Å². The third-order valence-corrected chi connectivity index (χ3v) is 5.22. The zero-order valence-corrected chi connectivity index (χ0v) is 18.4. The molecule has 0 aromatic heterocycles. The van der Waals surface area contributed by atoms with Crippen LogP contribution >= 0.6 is 0 Å². The number of halogens is 1. The average Bonchev–Trinajstić information content (AvgIpc) is 3.60. The van der Waals surface area contributed by atoms with E-state index in [1.807, 2.05) is 32.0 Å². The Morgan fingerprint density at radius 2 is 1.94 bits per heavy atom. The number of aliphatic imine (C=N–C) groups is 1. The summed E-state index contributed by atoms with van der Waals surface area (Å²) in [5, 5.41) is 9.30. The molecule has 0 radical (unpaired) electrons. The van der Waals surface area contributed by atoms with Crippen LogP contribution in [0.3, 0.4) is 0 Å². The summed E-state index contributed by atoms with van der Waals surface area (Å²) in [6, 6.07) is 12.3. The lowest BCUT2D eigenvalue weighted by atomic mass is 10.1. The summed E-state index contributed by atoms with van der Waals surface area (Å²) in [7, 11) is 1.69. The van der Waals surface area contributed by atoms with E-state index >= 15 is 0 Å². The largest absolute Gasteiger partial charge is 0.490 e. The van der Waals surface area contributed by atoms with E-state index in [9.17, 15) is 9.18 Å². The highest BCUT2D eigenvalue weighted by atomic mass is 19.1. The Kier molecular flexibility index (Phi) is 7.87. The van der Waals surface area contributed by atoms with Crippen molar-refractivity contribution in [2.45, 2.75) is 39.3 Å². The van der Waals surface area contributed by atoms with Gasteiger partial charge in [-0.1, -0.05) is 18.2 Å². The van der Waals surface area contributed by atoms with Crippen LogP contribution in [0.4, 0.5) is 4.39 Å². The molecule has 0 bridgehead atoms. The summed E-state index contributed by atoms with van der Waals surface area (Å²) in [4.78, 5) is 16.1. The number of carbonyl (C=O) groups excluding carboxylic acids is 1. The molecule has 0 aliphatic heterocycles. The van der Waals surface area contributed by atoms with E-state index in [0.717, 1.165) is 11.1 Å². The molecule has 1 saturated carbocycles. The maximum absolute atomic E-state index is 14.4. The van der Waals surface area contributed by atoms with Gasteiger partial charge in [-0.3, -0.25) is 9.79 Å². The number of nitrogens with one attached hydrogen (secondary N) is 3. The molecule has 3 N–H and O–H groups in total. The second-order valence-electron chi connectivity index (χ2n) is 7.79. The first-order chi connectivity index (χ1) is 15.0. The minimum absolute atomic E-state index is 0.0792. The second kappa shape index (κ2) is 10.8. The van der Waals surface area contributed by atoms with Crippen molar-refractivity contribution < 1.29 is 13.9 Å². The van der Waals surface area contributed by atoms with Crippen molar-refractivity contribution in [1.82, 2.24) is 16.0 Å². The van der Waals surface area contributed by atoms with Gasteiger partial charge in [0.15, 0.2) is 17.5 Å². The van der Waals surface area contributed by atoms with E-state index in [4.69, 9.17) is 4.74 Å². The van der Waals surface area contributed by atoms with Crippen molar-refractivity contribution in [3.8, 4) is 5.75 Å². The third kappa shape index (κ3) is 6.70. The molecule has 0 saturated heterocycles. The van der Waals surface area contributed by atoms with Crippen molar-refractivity contribution in [3.05, 3.63) is 65.0 Å². The first-order valence-corrected chi connectivity index (χ1v) is 10.8. The summed E-state index contributed by atoms with van der Waals surface area (Å²) < 4.78 is 19.9. The molecule has 1 atom stereocenters. The van der Waals surface area contributed by atoms with E-state index in [1.165, 1.54) is 18.9 Å². The number of ether oxygens (including phenoxy) is 1. The highest BCUT2D eigenvalue weighted by Gasteiger charge is 2.22. The number of amides is 1. The Labute approximate surface area is 183 Å². The Hall–Kier alpha value is -3.09. The van der Waals surface area contributed by atoms with E-state index in [-0.39, 0.29) is 17.8 Å². The van der Waals surface area contributed by atoms with Gasteiger partial charge in [0.1, 0.15) is 0 Å². The van der Waals surface area contributed by atoms with Gasteiger partial charge in [-0.05, 0) is 68.0 Å². The van der Waals surface area contributed by atoms with Gasteiger partial charge in [0.05, 0.1) is 12.6 Å². The molecule has 166 valence electrons. The molecule has 31 heavy (non-hydrogen) atoms. The average molecular weight is 427 g/mol. The molecule has 0 spiro atoms. The molecular formula is C24H31FN4O2. The van der Waals surface area contributed by atoms with Crippen molar-refractivity contribution >= 4 is 11.9 Å². The fourth-order valence-electron chi connectivity index (χ4n) is 3.10. The fourth-order valence-corrected chi connectivity index (χ4v) is 3.10. The Morgan fingerprint density at radius 3 is 2.55 bits per heavy atom. The Bertz CT molecular complexity index is 910. The van der Waals surface area contributed by atoms with E-state index in [2.05, 4.69) is 20.9 Å². The van der Waals surface area contributed by atoms with Gasteiger partial charge in [0.2, 0.25) is 0 Å². The van der Waals surface area contributed by atoms with Crippen LogP contribution in [0.5, 0.6) is 5.75 Å². The predicted molar refractivity (Wildman–Crippen MR) is 121 cm³/mol. The number of rotatable bonds is 9. The number of benzene rings is 2. The normalized spacial score (nSPS) is 14.6. The molecule has 2 aromatic carbocycles. The SMILES string of the molecule is CCNC(=O)c1ccc(CNC(=NC)NC(C)c2ccc(OCC3CC3)c(F)c2)cc1. The van der Waals surface area contributed by atoms with Crippen molar-refractivity contribution in [3.63, 3.8) is 0 Å². The van der Waals surface area contributed by atoms with E-state index in [1.54, 1.807) is 25.2 Å². The van der Waals surface area contributed by atoms with E-state index < -0.39 is 0 Å². The second-order valence-corrected chi connectivity index (χ2v) is 7.79. The maximum atomic E-state index is 14.4. The Morgan fingerprint density at radius 1 is 1.19 bits per heavy atom. The number of nitrogens with zero attached hydrogens (tertiary/aromatic N) is 1. The summed E-state index contributed by atoms with van der Waals surface area (Å²) >= 11 is 0. The fraction of sp³-hybridized carbons (Fsp3) is 0.417. The molecule has 6 nitrogen and oxygen atoms in total. The maximum Gasteiger partial charge on any atom is 0.251 e. The lowest BCUT2D eigenvalue weighted by Crippen LogP contribution is -2.38. The molecule has 1 unspecified atom stereocenters. The zero-order valence-electron chi connectivity index (χ0n) is 18.4. The first kappa shape index (κ1) is 22.6. The first-order valence-electron chi connectivity index (χ1n) is 10.8. The zero-order chi connectivity index (χ0) is 22.2. The standard InChI is InChI=1S/C24H31FN4O2/c1-4-27-23(30)19-9-7-17(8-10-19)14-28-24(26-3)29-16(2)20-11-12-22(21(25)13-20)31-15-18-5-6-18/h7-13,16,18H,4-6,14-15H2,1-3H3,(H,27,30)(H2,26,28,29). The minimum atomic E-state index is -0.345. The monoisotopic (exact) mass is 426 g/mol. The molecular weight excluding hydrogens is 395 g/mol. The summed E-state index contributed by atoms with van der Waals surface area (Å²) in [6.07, 6.45) is 2.34. The van der Waals surface area contributed by atoms with Crippen LogP contribution in [0.25, 0.3) is 0 Å². The lowest BCUT2D eigenvalue weighted by Gasteiger charge is -2.19. The Balaban J connectivity index is 1.52. The van der Waals surface area contributed by atoms with Crippen LogP contribution in [-0.2, 0) is 6.54 Å². The van der Waals surface area contributed by atoms with Gasteiger partial charge in [-0.25, -0.2) is 4.39 Å². The molecule has 3 rings (SSSR count). The van der Waals surface area contributed by atoms with Gasteiger partial charge < -0.3 is 20.7 Å². The van der Waals surface area contributed by atoms with Crippen LogP contribution in [0.2, 0.25) is 0 Å². The molecule has 1 aliphatic rings. The lowest BCUT2D eigenvalue weighted by molar-refractivity contribution is 0.0956. The van der Waals surface area contributed by atoms with Gasteiger partial charge in [0.25, 0.3) is 5.91 Å². The topological polar surface area (TPSA) is 74.8 Å². The quantitative estimate of drug-likeness (QED) is 0.421. The van der Waals surface area contributed by atoms with Gasteiger partial charge >= 0.3 is 0 Å². The number of carbonyl (C=O) groups is 1. The molecule has 7 heteroatoms. The number of hydrogen-bond acceptors (Lipinski definition) is 3. The van der Waals surface area contributed by atoms with Gasteiger partial charge in [-0.15, -0.1) is 0 Å². The molecule has 1 fully saturated rings. The molecule has 1 aliphatic carbocycles. The third-order valence-electron chi connectivity index (χ3n) is 5.22. The molecule has 2 aromatic rings. The van der Waals surface area contributed by atoms with Crippen molar-refractivity contribution in [2.75, 3.05) is 20.2 Å². The van der Waals surface area contributed by atoms with Crippen LogP contribution in [-0.4, -0.2) is 32.1 Å². The summed E-state index contributed by atoms with van der Waals surface area (Å²) in [6.45, 7) is 5.58.